The van der Waals surface area contributed by atoms with E-state index in [1.807, 2.05) is 90.1 Å². The van der Waals surface area contributed by atoms with Crippen LogP contribution in [0.2, 0.25) is 0 Å². The van der Waals surface area contributed by atoms with Crippen LogP contribution >= 0.6 is 0 Å². The Bertz CT molecular complexity index is 1900. The highest BCUT2D eigenvalue weighted by Gasteiger charge is 2.33. The molecular weight excluding hydrogens is 570 g/mol. The number of nitrogens with one attached hydrogen (secondary N) is 1. The molecule has 1 aromatic carbocycles. The first-order valence-corrected chi connectivity index (χ1v) is 15.0. The number of nitrogens with zero attached hydrogens (tertiary/aromatic N) is 8. The number of likely N-dealkylation sites (N-methyl/N-ethyl adjacent to an activating group) is 1. The van der Waals surface area contributed by atoms with E-state index in [0.717, 1.165) is 47.2 Å². The topological polar surface area (TPSA) is 113 Å². The molecule has 2 bridgehead atoms. The number of aryl methyl sites for hydroxylation is 1. The van der Waals surface area contributed by atoms with Gasteiger partial charge in [-0.15, -0.1) is 0 Å². The zero-order valence-corrected chi connectivity index (χ0v) is 25.6. The number of anilines is 3. The molecule has 7 rings (SSSR count). The van der Waals surface area contributed by atoms with Gasteiger partial charge in [0.1, 0.15) is 35.6 Å². The lowest BCUT2D eigenvalue weighted by molar-refractivity contribution is -0.128. The van der Waals surface area contributed by atoms with E-state index in [1.54, 1.807) is 12.3 Å². The van der Waals surface area contributed by atoms with Crippen molar-refractivity contribution < 1.29 is 14.3 Å². The average molecular weight is 606 g/mol. The van der Waals surface area contributed by atoms with Gasteiger partial charge in [0.25, 0.3) is 0 Å². The van der Waals surface area contributed by atoms with Gasteiger partial charge in [-0.1, -0.05) is 6.08 Å². The number of benzene rings is 1. The third-order valence-electron chi connectivity index (χ3n) is 8.04. The summed E-state index contributed by atoms with van der Waals surface area (Å²) in [5, 5.41) is 3.43. The van der Waals surface area contributed by atoms with E-state index in [9.17, 15) is 4.79 Å². The standard InChI is InChI=1S/C33H35N9O3/c1-22-16-23(7-8-27(22)45-25-9-14-40-15-10-34-29(40)17-25)37-32-31-26(35-21-36-32)18-28-33(38-31)41-12-5-13-42(24(19-41)20-44-28)30(43)6-4-11-39(2)3/h4,6-10,14-18,21,24H,5,11-13,19-20H2,1-3H3,(H,35,36,37)/b6-4+/t24-/m1/s1. The quantitative estimate of drug-likeness (QED) is 0.267. The van der Waals surface area contributed by atoms with E-state index in [4.69, 9.17) is 14.5 Å². The fourth-order valence-corrected chi connectivity index (χ4v) is 5.77. The Kier molecular flexibility index (Phi) is 7.64. The second kappa shape index (κ2) is 12.0. The predicted octanol–water partition coefficient (Wildman–Crippen LogP) is 4.43. The van der Waals surface area contributed by atoms with Crippen LogP contribution in [0.5, 0.6) is 17.2 Å². The number of imidazole rings is 1. The van der Waals surface area contributed by atoms with Crippen LogP contribution in [-0.4, -0.2) is 93.0 Å². The fraction of sp³-hybridized carbons (Fsp3) is 0.303. The molecule has 4 aromatic heterocycles. The molecule has 5 aromatic rings. The first-order chi connectivity index (χ1) is 21.9. The Balaban J connectivity index is 1.12. The lowest BCUT2D eigenvalue weighted by atomic mass is 10.2. The van der Waals surface area contributed by atoms with Crippen LogP contribution in [0.15, 0.2) is 73.5 Å². The number of amides is 1. The zero-order valence-electron chi connectivity index (χ0n) is 25.6. The molecule has 1 fully saturated rings. The molecule has 2 aliphatic heterocycles. The summed E-state index contributed by atoms with van der Waals surface area (Å²) in [5.74, 6) is 3.49. The summed E-state index contributed by atoms with van der Waals surface area (Å²) in [7, 11) is 3.96. The van der Waals surface area contributed by atoms with E-state index in [-0.39, 0.29) is 11.9 Å². The molecular formula is C33H35N9O3. The lowest BCUT2D eigenvalue weighted by Crippen LogP contribution is -2.46. The highest BCUT2D eigenvalue weighted by atomic mass is 16.5. The predicted molar refractivity (Wildman–Crippen MR) is 173 cm³/mol. The smallest absolute Gasteiger partial charge is 0.246 e. The van der Waals surface area contributed by atoms with Crippen molar-refractivity contribution in [2.24, 2.45) is 0 Å². The minimum absolute atomic E-state index is 0.0135. The number of carbonyl (C=O) groups is 1. The van der Waals surface area contributed by atoms with E-state index >= 15 is 0 Å². The zero-order chi connectivity index (χ0) is 30.9. The Labute approximate surface area is 260 Å². The third kappa shape index (κ3) is 5.96. The third-order valence-corrected chi connectivity index (χ3v) is 8.04. The van der Waals surface area contributed by atoms with Gasteiger partial charge in [0, 0.05) is 68.7 Å². The number of carbonyl (C=O) groups excluding carboxylic acids is 1. The maximum absolute atomic E-state index is 13.1. The van der Waals surface area contributed by atoms with Crippen LogP contribution < -0.4 is 19.7 Å². The van der Waals surface area contributed by atoms with Gasteiger partial charge in [0.15, 0.2) is 17.4 Å². The minimum atomic E-state index is -0.0877. The molecule has 2 aliphatic rings. The maximum atomic E-state index is 13.1. The summed E-state index contributed by atoms with van der Waals surface area (Å²) in [6.07, 6.45) is 11.5. The summed E-state index contributed by atoms with van der Waals surface area (Å²) in [5.41, 5.74) is 3.95. The number of ether oxygens (including phenoxy) is 2. The van der Waals surface area contributed by atoms with Gasteiger partial charge in [0.05, 0.1) is 11.6 Å². The molecule has 6 heterocycles. The lowest BCUT2D eigenvalue weighted by Gasteiger charge is -2.28. The van der Waals surface area contributed by atoms with E-state index in [2.05, 4.69) is 25.2 Å². The van der Waals surface area contributed by atoms with Crippen molar-refractivity contribution in [3.05, 3.63) is 79.0 Å². The molecule has 1 N–H and O–H groups in total. The summed E-state index contributed by atoms with van der Waals surface area (Å²) >= 11 is 0. The Hall–Kier alpha value is -5.23. The fourth-order valence-electron chi connectivity index (χ4n) is 5.77. The Morgan fingerprint density at radius 3 is 2.91 bits per heavy atom. The van der Waals surface area contributed by atoms with Gasteiger partial charge in [-0.3, -0.25) is 4.79 Å². The van der Waals surface area contributed by atoms with Gasteiger partial charge in [-0.2, -0.15) is 0 Å². The van der Waals surface area contributed by atoms with Gasteiger partial charge >= 0.3 is 0 Å². The second-order valence-corrected chi connectivity index (χ2v) is 11.6. The number of hydrogen-bond acceptors (Lipinski definition) is 10. The van der Waals surface area contributed by atoms with Crippen molar-refractivity contribution in [2.45, 2.75) is 19.4 Å². The maximum Gasteiger partial charge on any atom is 0.246 e. The van der Waals surface area contributed by atoms with Gasteiger partial charge in [-0.05, 0) is 57.3 Å². The van der Waals surface area contributed by atoms with Crippen LogP contribution in [0.3, 0.4) is 0 Å². The number of fused-ring (bicyclic) bond motifs is 6. The molecule has 0 saturated carbocycles. The number of hydrogen-bond donors (Lipinski definition) is 1. The molecule has 12 heteroatoms. The largest absolute Gasteiger partial charge is 0.487 e. The van der Waals surface area contributed by atoms with Crippen LogP contribution in [0.25, 0.3) is 16.7 Å². The first-order valence-electron chi connectivity index (χ1n) is 15.0. The summed E-state index contributed by atoms with van der Waals surface area (Å²) < 4.78 is 14.4. The van der Waals surface area contributed by atoms with Crippen LogP contribution in [0.1, 0.15) is 12.0 Å². The monoisotopic (exact) mass is 605 g/mol. The molecule has 0 aliphatic carbocycles. The van der Waals surface area contributed by atoms with Gasteiger partial charge < -0.3 is 33.9 Å². The molecule has 45 heavy (non-hydrogen) atoms. The molecule has 0 unspecified atom stereocenters. The average Bonchev–Trinajstić information content (AvgIpc) is 3.29. The number of pyridine rings is 2. The van der Waals surface area contributed by atoms with Crippen molar-refractivity contribution in [1.82, 2.24) is 34.1 Å². The summed E-state index contributed by atoms with van der Waals surface area (Å²) in [4.78, 5) is 37.7. The highest BCUT2D eigenvalue weighted by Crippen LogP contribution is 2.36. The van der Waals surface area contributed by atoms with Gasteiger partial charge in [0.2, 0.25) is 5.91 Å². The molecule has 230 valence electrons. The van der Waals surface area contributed by atoms with Crippen LogP contribution in [0.4, 0.5) is 17.3 Å². The minimum Gasteiger partial charge on any atom is -0.487 e. The molecule has 0 spiro atoms. The van der Waals surface area contributed by atoms with E-state index < -0.39 is 0 Å². The Morgan fingerprint density at radius 1 is 1.13 bits per heavy atom. The van der Waals surface area contributed by atoms with Crippen molar-refractivity contribution in [1.29, 1.82) is 0 Å². The Morgan fingerprint density at radius 2 is 2.04 bits per heavy atom. The molecule has 1 amide bonds. The highest BCUT2D eigenvalue weighted by molar-refractivity contribution is 5.90. The van der Waals surface area contributed by atoms with Crippen molar-refractivity contribution >= 4 is 39.9 Å². The molecule has 0 radical (unpaired) electrons. The van der Waals surface area contributed by atoms with Gasteiger partial charge in [-0.25, -0.2) is 19.9 Å². The normalized spacial score (nSPS) is 16.5. The summed E-state index contributed by atoms with van der Waals surface area (Å²) in [6.45, 7) is 5.19. The van der Waals surface area contributed by atoms with Crippen molar-refractivity contribution in [3.63, 3.8) is 0 Å². The SMILES string of the molecule is Cc1cc(Nc2ncnc3cc4c(nc23)N2CCCN(C(=O)/C=C/CN(C)C)[C@@H](CO4)C2)ccc1Oc1ccn2ccnc2c1. The van der Waals surface area contributed by atoms with E-state index in [1.165, 1.54) is 6.33 Å². The molecule has 1 atom stereocenters. The summed E-state index contributed by atoms with van der Waals surface area (Å²) in [6, 6.07) is 11.6. The first kappa shape index (κ1) is 28.5. The second-order valence-electron chi connectivity index (χ2n) is 11.6. The molecule has 12 nitrogen and oxygen atoms in total. The number of aromatic nitrogens is 5. The van der Waals surface area contributed by atoms with Crippen molar-refractivity contribution in [2.75, 3.05) is 57.1 Å². The van der Waals surface area contributed by atoms with Crippen LogP contribution in [0, 0.1) is 6.92 Å². The van der Waals surface area contributed by atoms with Crippen LogP contribution in [-0.2, 0) is 4.79 Å². The van der Waals surface area contributed by atoms with Crippen molar-refractivity contribution in [3.8, 4) is 17.2 Å². The molecule has 1 saturated heterocycles. The van der Waals surface area contributed by atoms with E-state index in [0.29, 0.717) is 48.8 Å². The number of rotatable bonds is 7.